The first-order valence-electron chi connectivity index (χ1n) is 8.78. The second-order valence-corrected chi connectivity index (χ2v) is 10.1. The van der Waals surface area contributed by atoms with Gasteiger partial charge in [-0.1, -0.05) is 22.0 Å². The molecule has 0 N–H and O–H groups in total. The second kappa shape index (κ2) is 8.23. The molecule has 0 atom stereocenters. The number of hydrogen-bond donors (Lipinski definition) is 0. The van der Waals surface area contributed by atoms with E-state index in [2.05, 4.69) is 20.9 Å². The van der Waals surface area contributed by atoms with Crippen molar-refractivity contribution in [1.82, 2.24) is 9.55 Å². The smallest absolute Gasteiger partial charge is 0.338 e. The van der Waals surface area contributed by atoms with E-state index in [1.165, 1.54) is 24.1 Å². The first-order valence-corrected chi connectivity index (χ1v) is 11.6. The third-order valence-electron chi connectivity index (χ3n) is 4.74. The first-order chi connectivity index (χ1) is 13.6. The Morgan fingerprint density at radius 3 is 2.66 bits per heavy atom. The fraction of sp³-hybridized carbons (Fsp3) is 0.300. The van der Waals surface area contributed by atoms with Gasteiger partial charge in [0, 0.05) is 29.3 Å². The summed E-state index contributed by atoms with van der Waals surface area (Å²) in [5.41, 5.74) is 2.56. The van der Waals surface area contributed by atoms with Gasteiger partial charge >= 0.3 is 5.97 Å². The Morgan fingerprint density at radius 2 is 2.03 bits per heavy atom. The lowest BCUT2D eigenvalue weighted by Crippen LogP contribution is -2.12. The number of imidazole rings is 1. The molecule has 0 spiro atoms. The van der Waals surface area contributed by atoms with Crippen LogP contribution in [0.1, 0.15) is 27.0 Å². The van der Waals surface area contributed by atoms with Crippen LogP contribution in [0.25, 0.3) is 11.0 Å². The number of nitrogens with zero attached hydrogens (tertiary/aromatic N) is 2. The molecule has 0 saturated heterocycles. The fourth-order valence-electron chi connectivity index (χ4n) is 3.15. The lowest BCUT2D eigenvalue weighted by Gasteiger charge is -2.13. The predicted molar refractivity (Wildman–Crippen MR) is 112 cm³/mol. The topological polar surface area (TPSA) is 78.3 Å². The summed E-state index contributed by atoms with van der Waals surface area (Å²) in [7, 11) is -1.97. The summed E-state index contributed by atoms with van der Waals surface area (Å²) >= 11 is 3.41. The molecule has 0 radical (unpaired) electrons. The van der Waals surface area contributed by atoms with Crippen LogP contribution in [-0.2, 0) is 27.5 Å². The Balaban J connectivity index is 2.14. The Bertz CT molecular complexity index is 1200. The van der Waals surface area contributed by atoms with Gasteiger partial charge in [0.2, 0.25) is 0 Å². The van der Waals surface area contributed by atoms with Gasteiger partial charge in [-0.05, 0) is 36.2 Å². The Kier molecular flexibility index (Phi) is 6.09. The molecule has 6 nitrogen and oxygen atoms in total. The number of sulfone groups is 1. The molecule has 1 heterocycles. The first kappa shape index (κ1) is 21.4. The summed E-state index contributed by atoms with van der Waals surface area (Å²) in [6.07, 6.45) is 2.71. The van der Waals surface area contributed by atoms with Gasteiger partial charge in [0.15, 0.2) is 5.82 Å². The SMILES string of the molecule is COC(=O)c1cc2c(ncn2CCS(C)(=O)=O)c(F)c1Cc1ccc(Br)cc1C. The third-order valence-corrected chi connectivity index (χ3v) is 6.15. The maximum absolute atomic E-state index is 15.4. The molecule has 0 aliphatic heterocycles. The molecule has 0 unspecified atom stereocenters. The van der Waals surface area contributed by atoms with Crippen molar-refractivity contribution in [1.29, 1.82) is 0 Å². The molecule has 9 heteroatoms. The average molecular weight is 483 g/mol. The van der Waals surface area contributed by atoms with Gasteiger partial charge in [-0.3, -0.25) is 0 Å². The zero-order valence-electron chi connectivity index (χ0n) is 16.2. The van der Waals surface area contributed by atoms with Gasteiger partial charge in [0.05, 0.1) is 30.3 Å². The van der Waals surface area contributed by atoms with Gasteiger partial charge in [-0.25, -0.2) is 22.6 Å². The van der Waals surface area contributed by atoms with Crippen LogP contribution in [-0.4, -0.2) is 43.1 Å². The number of hydrogen-bond acceptors (Lipinski definition) is 5. The monoisotopic (exact) mass is 482 g/mol. The number of carbonyl (C=O) groups excluding carboxylic acids is 1. The van der Waals surface area contributed by atoms with Crippen molar-refractivity contribution in [3.05, 3.63) is 63.1 Å². The van der Waals surface area contributed by atoms with Crippen molar-refractivity contribution in [3.8, 4) is 0 Å². The average Bonchev–Trinajstić information content (AvgIpc) is 3.06. The summed E-state index contributed by atoms with van der Waals surface area (Å²) in [5.74, 6) is -1.39. The van der Waals surface area contributed by atoms with Crippen molar-refractivity contribution in [2.45, 2.75) is 19.9 Å². The normalized spacial score (nSPS) is 11.8. The number of aryl methyl sites for hydroxylation is 2. The fourth-order valence-corrected chi connectivity index (χ4v) is 4.16. The minimum Gasteiger partial charge on any atom is -0.465 e. The third kappa shape index (κ3) is 4.67. The van der Waals surface area contributed by atoms with Crippen LogP contribution >= 0.6 is 15.9 Å². The minimum atomic E-state index is -3.21. The van der Waals surface area contributed by atoms with Gasteiger partial charge in [-0.15, -0.1) is 0 Å². The zero-order valence-corrected chi connectivity index (χ0v) is 18.6. The highest BCUT2D eigenvalue weighted by atomic mass is 79.9. The van der Waals surface area contributed by atoms with Crippen LogP contribution in [0.3, 0.4) is 0 Å². The quantitative estimate of drug-likeness (QED) is 0.500. The maximum atomic E-state index is 15.4. The molecule has 3 aromatic rings. The maximum Gasteiger partial charge on any atom is 0.338 e. The molecule has 154 valence electrons. The van der Waals surface area contributed by atoms with E-state index in [4.69, 9.17) is 4.74 Å². The van der Waals surface area contributed by atoms with Gasteiger partial charge in [0.1, 0.15) is 15.4 Å². The van der Waals surface area contributed by atoms with Crippen LogP contribution in [0.5, 0.6) is 0 Å². The molecule has 29 heavy (non-hydrogen) atoms. The van der Waals surface area contributed by atoms with Crippen LogP contribution in [0.2, 0.25) is 0 Å². The summed E-state index contributed by atoms with van der Waals surface area (Å²) in [6, 6.07) is 7.16. The Morgan fingerprint density at radius 1 is 1.31 bits per heavy atom. The molecular formula is C20H20BrFN2O4S. The molecule has 0 bridgehead atoms. The van der Waals surface area contributed by atoms with E-state index < -0.39 is 21.6 Å². The lowest BCUT2D eigenvalue weighted by atomic mass is 9.95. The summed E-state index contributed by atoms with van der Waals surface area (Å²) < 4.78 is 45.7. The molecule has 0 saturated carbocycles. The molecule has 2 aromatic carbocycles. The van der Waals surface area contributed by atoms with E-state index in [1.54, 1.807) is 0 Å². The number of fused-ring (bicyclic) bond motifs is 1. The largest absolute Gasteiger partial charge is 0.465 e. The van der Waals surface area contributed by atoms with Crippen molar-refractivity contribution >= 4 is 42.8 Å². The number of aromatic nitrogens is 2. The van der Waals surface area contributed by atoms with E-state index in [0.29, 0.717) is 5.52 Å². The van der Waals surface area contributed by atoms with Gasteiger partial charge in [-0.2, -0.15) is 0 Å². The number of halogens is 2. The zero-order chi connectivity index (χ0) is 21.3. The number of carbonyl (C=O) groups is 1. The molecule has 0 fully saturated rings. The van der Waals surface area contributed by atoms with Gasteiger partial charge < -0.3 is 9.30 Å². The molecule has 1 aromatic heterocycles. The van der Waals surface area contributed by atoms with E-state index in [0.717, 1.165) is 21.9 Å². The van der Waals surface area contributed by atoms with E-state index in [1.807, 2.05) is 25.1 Å². The summed E-state index contributed by atoms with van der Waals surface area (Å²) in [4.78, 5) is 16.5. The van der Waals surface area contributed by atoms with Crippen molar-refractivity contribution in [2.24, 2.45) is 0 Å². The number of benzene rings is 2. The summed E-state index contributed by atoms with van der Waals surface area (Å²) in [6.45, 7) is 2.02. The molecule has 0 aliphatic carbocycles. The van der Waals surface area contributed by atoms with Crippen LogP contribution in [0.4, 0.5) is 4.39 Å². The number of methoxy groups -OCH3 is 1. The van der Waals surface area contributed by atoms with E-state index >= 15 is 4.39 Å². The van der Waals surface area contributed by atoms with E-state index in [9.17, 15) is 13.2 Å². The molecular weight excluding hydrogens is 463 g/mol. The Hall–Kier alpha value is -2.26. The molecule has 0 amide bonds. The highest BCUT2D eigenvalue weighted by Gasteiger charge is 2.23. The summed E-state index contributed by atoms with van der Waals surface area (Å²) in [5, 5.41) is 0. The van der Waals surface area contributed by atoms with Crippen LogP contribution in [0, 0.1) is 12.7 Å². The van der Waals surface area contributed by atoms with Crippen molar-refractivity contribution in [3.63, 3.8) is 0 Å². The Labute approximate surface area is 176 Å². The number of rotatable bonds is 6. The molecule has 3 rings (SSSR count). The van der Waals surface area contributed by atoms with Crippen LogP contribution < -0.4 is 0 Å². The number of esters is 1. The van der Waals surface area contributed by atoms with E-state index in [-0.39, 0.29) is 35.4 Å². The second-order valence-electron chi connectivity index (χ2n) is 6.89. The van der Waals surface area contributed by atoms with Gasteiger partial charge in [0.25, 0.3) is 0 Å². The standard InChI is InChI=1S/C20H20BrFN2O4S/c1-12-8-14(21)5-4-13(12)9-15-16(20(25)28-2)10-17-19(18(15)22)23-11-24(17)6-7-29(3,26)27/h4-5,8,10-11H,6-7,9H2,1-3H3. The minimum absolute atomic E-state index is 0.0934. The molecule has 0 aliphatic rings. The highest BCUT2D eigenvalue weighted by Crippen LogP contribution is 2.28. The highest BCUT2D eigenvalue weighted by molar-refractivity contribution is 9.10. The lowest BCUT2D eigenvalue weighted by molar-refractivity contribution is 0.0599. The van der Waals surface area contributed by atoms with Crippen LogP contribution in [0.15, 0.2) is 35.1 Å². The predicted octanol–water partition coefficient (Wildman–Crippen LogP) is 3.67. The van der Waals surface area contributed by atoms with Crippen molar-refractivity contribution in [2.75, 3.05) is 19.1 Å². The number of ether oxygens (including phenoxy) is 1. The van der Waals surface area contributed by atoms with Crippen molar-refractivity contribution < 1.29 is 22.3 Å².